The molecule has 1 aliphatic heterocycles. The van der Waals surface area contributed by atoms with E-state index in [1.54, 1.807) is 12.3 Å². The molecule has 1 aromatic heterocycles. The van der Waals surface area contributed by atoms with E-state index in [0.29, 0.717) is 21.5 Å². The van der Waals surface area contributed by atoms with E-state index in [0.717, 1.165) is 35.6 Å². The van der Waals surface area contributed by atoms with E-state index in [4.69, 9.17) is 27.9 Å². The van der Waals surface area contributed by atoms with Gasteiger partial charge in [0.25, 0.3) is 0 Å². The number of pyridine rings is 1. The van der Waals surface area contributed by atoms with Crippen molar-refractivity contribution in [2.45, 2.75) is 25.9 Å². The molecule has 0 unspecified atom stereocenters. The maximum absolute atomic E-state index is 9.66. The number of piperidine rings is 1. The first-order chi connectivity index (χ1) is 14.1. The number of ether oxygens (including phenoxy) is 1. The lowest BCUT2D eigenvalue weighted by Gasteiger charge is -2.27. The summed E-state index contributed by atoms with van der Waals surface area (Å²) in [5.74, 6) is 2.25. The first kappa shape index (κ1) is 20.0. The van der Waals surface area contributed by atoms with Gasteiger partial charge in [0.2, 0.25) is 0 Å². The third kappa shape index (κ3) is 5.02. The van der Waals surface area contributed by atoms with Gasteiger partial charge in [-0.05, 0) is 84.5 Å². The zero-order valence-electron chi connectivity index (χ0n) is 15.9. The molecule has 0 aliphatic carbocycles. The molecule has 29 heavy (non-hydrogen) atoms. The second-order valence-electron chi connectivity index (χ2n) is 7.18. The molecule has 1 fully saturated rings. The van der Waals surface area contributed by atoms with Gasteiger partial charge in [-0.3, -0.25) is 0 Å². The van der Waals surface area contributed by atoms with Crippen LogP contribution in [-0.2, 0) is 6.61 Å². The summed E-state index contributed by atoms with van der Waals surface area (Å²) in [6, 6.07) is 14.9. The van der Waals surface area contributed by atoms with Gasteiger partial charge < -0.3 is 14.7 Å². The van der Waals surface area contributed by atoms with Crippen molar-refractivity contribution in [1.29, 1.82) is 0 Å². The Morgan fingerprint density at radius 1 is 0.862 bits per heavy atom. The fraction of sp³-hybridized carbons (Fsp3) is 0.261. The van der Waals surface area contributed by atoms with Gasteiger partial charge in [0.1, 0.15) is 17.3 Å². The molecule has 3 aromatic rings. The summed E-state index contributed by atoms with van der Waals surface area (Å²) in [6.45, 7) is 2.01. The second-order valence-corrected chi connectivity index (χ2v) is 8.06. The number of aromatic nitrogens is 1. The summed E-state index contributed by atoms with van der Waals surface area (Å²) in [7, 11) is 0. The van der Waals surface area contributed by atoms with Gasteiger partial charge in [-0.1, -0.05) is 23.2 Å². The highest BCUT2D eigenvalue weighted by Crippen LogP contribution is 2.32. The van der Waals surface area contributed by atoms with Crippen molar-refractivity contribution in [1.82, 2.24) is 4.98 Å². The Hall–Kier alpha value is -2.27. The average molecular weight is 429 g/mol. The van der Waals surface area contributed by atoms with Gasteiger partial charge in [-0.2, -0.15) is 0 Å². The molecule has 0 atom stereocenters. The maximum Gasteiger partial charge on any atom is 0.145 e. The van der Waals surface area contributed by atoms with Crippen molar-refractivity contribution < 1.29 is 9.84 Å². The molecule has 0 radical (unpaired) electrons. The molecular weight excluding hydrogens is 407 g/mol. The minimum atomic E-state index is -0.0926. The van der Waals surface area contributed by atoms with Crippen LogP contribution in [0, 0.1) is 0 Å². The molecule has 0 spiro atoms. The summed E-state index contributed by atoms with van der Waals surface area (Å²) in [4.78, 5) is 6.87. The van der Waals surface area contributed by atoms with E-state index in [1.165, 1.54) is 19.3 Å². The van der Waals surface area contributed by atoms with E-state index >= 15 is 0 Å². The molecule has 2 heterocycles. The number of rotatable bonds is 5. The fourth-order valence-corrected chi connectivity index (χ4v) is 4.10. The summed E-state index contributed by atoms with van der Waals surface area (Å²) in [5.41, 5.74) is 2.47. The molecule has 4 nitrogen and oxygen atoms in total. The predicted molar refractivity (Wildman–Crippen MR) is 118 cm³/mol. The topological polar surface area (TPSA) is 45.6 Å². The molecule has 0 saturated carbocycles. The van der Waals surface area contributed by atoms with E-state index in [-0.39, 0.29) is 6.61 Å². The van der Waals surface area contributed by atoms with Crippen molar-refractivity contribution in [3.8, 4) is 22.6 Å². The van der Waals surface area contributed by atoms with Crippen LogP contribution in [0.4, 0.5) is 5.82 Å². The minimum absolute atomic E-state index is 0.0926. The lowest BCUT2D eigenvalue weighted by atomic mass is 10.0. The SMILES string of the molecule is OCc1cc(Oc2ccc(N3CCCCC3)nc2)cc(-c2cc(Cl)cc(Cl)c2)c1. The standard InChI is InChI=1S/C23H22Cl2N2O2/c24-19-10-18(11-20(25)13-19)17-8-16(15-28)9-22(12-17)29-21-4-5-23(26-14-21)27-6-2-1-3-7-27/h4-5,8-14,28H,1-3,6-7,15H2. The highest BCUT2D eigenvalue weighted by atomic mass is 35.5. The molecule has 150 valence electrons. The predicted octanol–water partition coefficient (Wildman–Crippen LogP) is 6.33. The first-order valence-corrected chi connectivity index (χ1v) is 10.5. The summed E-state index contributed by atoms with van der Waals surface area (Å²) in [5, 5.41) is 10.8. The van der Waals surface area contributed by atoms with Crippen molar-refractivity contribution >= 4 is 29.0 Å². The van der Waals surface area contributed by atoms with Crippen molar-refractivity contribution in [3.63, 3.8) is 0 Å². The largest absolute Gasteiger partial charge is 0.456 e. The summed E-state index contributed by atoms with van der Waals surface area (Å²) >= 11 is 12.3. The Labute approximate surface area is 180 Å². The summed E-state index contributed by atoms with van der Waals surface area (Å²) in [6.07, 6.45) is 5.46. The molecule has 6 heteroatoms. The van der Waals surface area contributed by atoms with E-state index in [9.17, 15) is 5.11 Å². The Morgan fingerprint density at radius 3 is 2.24 bits per heavy atom. The second kappa shape index (κ2) is 9.04. The average Bonchev–Trinajstić information content (AvgIpc) is 2.74. The van der Waals surface area contributed by atoms with E-state index in [2.05, 4.69) is 9.88 Å². The van der Waals surface area contributed by atoms with Crippen LogP contribution >= 0.6 is 23.2 Å². The normalized spacial score (nSPS) is 14.1. The number of anilines is 1. The van der Waals surface area contributed by atoms with Crippen molar-refractivity contribution in [2.24, 2.45) is 0 Å². The van der Waals surface area contributed by atoms with Crippen LogP contribution in [0.3, 0.4) is 0 Å². The highest BCUT2D eigenvalue weighted by molar-refractivity contribution is 6.35. The number of nitrogens with zero attached hydrogens (tertiary/aromatic N) is 2. The van der Waals surface area contributed by atoms with Gasteiger partial charge in [0, 0.05) is 23.1 Å². The fourth-order valence-electron chi connectivity index (χ4n) is 3.58. The molecule has 4 rings (SSSR count). The Balaban J connectivity index is 1.58. The van der Waals surface area contributed by atoms with E-state index < -0.39 is 0 Å². The molecule has 0 bridgehead atoms. The number of aliphatic hydroxyl groups is 1. The lowest BCUT2D eigenvalue weighted by molar-refractivity contribution is 0.281. The number of hydrogen-bond donors (Lipinski definition) is 1. The smallest absolute Gasteiger partial charge is 0.145 e. The molecular formula is C23H22Cl2N2O2. The zero-order valence-corrected chi connectivity index (χ0v) is 17.5. The third-order valence-corrected chi connectivity index (χ3v) is 5.42. The van der Waals surface area contributed by atoms with Gasteiger partial charge in [-0.25, -0.2) is 4.98 Å². The lowest BCUT2D eigenvalue weighted by Crippen LogP contribution is -2.29. The van der Waals surface area contributed by atoms with Gasteiger partial charge in [-0.15, -0.1) is 0 Å². The third-order valence-electron chi connectivity index (χ3n) is 4.98. The maximum atomic E-state index is 9.66. The van der Waals surface area contributed by atoms with Crippen LogP contribution in [0.1, 0.15) is 24.8 Å². The summed E-state index contributed by atoms with van der Waals surface area (Å²) < 4.78 is 6.03. The highest BCUT2D eigenvalue weighted by Gasteiger charge is 2.12. The number of halogens is 2. The molecule has 1 aliphatic rings. The Morgan fingerprint density at radius 2 is 1.59 bits per heavy atom. The van der Waals surface area contributed by atoms with Crippen LogP contribution in [-0.4, -0.2) is 23.2 Å². The van der Waals surface area contributed by atoms with Crippen LogP contribution in [0.2, 0.25) is 10.0 Å². The van der Waals surface area contributed by atoms with Gasteiger partial charge in [0.05, 0.1) is 12.8 Å². The van der Waals surface area contributed by atoms with Crippen LogP contribution in [0.15, 0.2) is 54.7 Å². The van der Waals surface area contributed by atoms with Gasteiger partial charge >= 0.3 is 0 Å². The van der Waals surface area contributed by atoms with Crippen molar-refractivity contribution in [3.05, 3.63) is 70.3 Å². The quantitative estimate of drug-likeness (QED) is 0.515. The Kier molecular flexibility index (Phi) is 6.24. The van der Waals surface area contributed by atoms with Crippen molar-refractivity contribution in [2.75, 3.05) is 18.0 Å². The first-order valence-electron chi connectivity index (χ1n) is 9.71. The minimum Gasteiger partial charge on any atom is -0.456 e. The zero-order chi connectivity index (χ0) is 20.2. The molecule has 1 saturated heterocycles. The number of hydrogen-bond acceptors (Lipinski definition) is 4. The molecule has 2 aromatic carbocycles. The van der Waals surface area contributed by atoms with Crippen LogP contribution in [0.5, 0.6) is 11.5 Å². The monoisotopic (exact) mass is 428 g/mol. The van der Waals surface area contributed by atoms with Crippen LogP contribution < -0.4 is 9.64 Å². The Bertz CT molecular complexity index is 966. The van der Waals surface area contributed by atoms with Crippen LogP contribution in [0.25, 0.3) is 11.1 Å². The number of aliphatic hydroxyl groups excluding tert-OH is 1. The molecule has 1 N–H and O–H groups in total. The van der Waals surface area contributed by atoms with Gasteiger partial charge in [0.15, 0.2) is 0 Å². The molecule has 0 amide bonds. The van der Waals surface area contributed by atoms with E-state index in [1.807, 2.05) is 42.5 Å². The number of benzene rings is 2.